The fourth-order valence-electron chi connectivity index (χ4n) is 2.36. The molecule has 0 bridgehead atoms. The molecule has 110 valence electrons. The van der Waals surface area contributed by atoms with E-state index < -0.39 is 0 Å². The van der Waals surface area contributed by atoms with Gasteiger partial charge in [-0.15, -0.1) is 0 Å². The third kappa shape index (κ3) is 2.84. The van der Waals surface area contributed by atoms with E-state index in [1.165, 1.54) is 11.3 Å². The lowest BCUT2D eigenvalue weighted by atomic mass is 10.0. The topological polar surface area (TPSA) is 51.6 Å². The predicted molar refractivity (Wildman–Crippen MR) is 77.9 cm³/mol. The van der Waals surface area contributed by atoms with Gasteiger partial charge in [0.2, 0.25) is 5.82 Å². The molecule has 2 rings (SSSR count). The van der Waals surface area contributed by atoms with Gasteiger partial charge in [-0.2, -0.15) is 5.10 Å². The van der Waals surface area contributed by atoms with Gasteiger partial charge in [0.25, 0.3) is 6.33 Å². The molecule has 20 heavy (non-hydrogen) atoms. The quantitative estimate of drug-likeness (QED) is 0.841. The smallest absolute Gasteiger partial charge is 0.270 e. The molecule has 0 unspecified atom stereocenters. The molecule has 1 N–H and O–H groups in total. The van der Waals surface area contributed by atoms with Crippen LogP contribution in [0.25, 0.3) is 0 Å². The van der Waals surface area contributed by atoms with Gasteiger partial charge in [0.1, 0.15) is 0 Å². The zero-order valence-corrected chi connectivity index (χ0v) is 13.3. The average molecular weight is 277 g/mol. The molecule has 0 amide bonds. The number of aromatic nitrogens is 5. The van der Waals surface area contributed by atoms with Crippen molar-refractivity contribution in [3.8, 4) is 0 Å². The molecule has 2 aromatic heterocycles. The number of nitrogens with one attached hydrogen (secondary N) is 1. The number of rotatable bonds is 5. The minimum absolute atomic E-state index is 0.408. The Kier molecular flexibility index (Phi) is 4.11. The van der Waals surface area contributed by atoms with Gasteiger partial charge in [-0.05, 0) is 21.4 Å². The molecule has 6 nitrogen and oxygen atoms in total. The Morgan fingerprint density at radius 3 is 2.45 bits per heavy atom. The first-order chi connectivity index (χ1) is 9.40. The molecule has 0 aliphatic rings. The van der Waals surface area contributed by atoms with E-state index in [0.717, 1.165) is 5.82 Å². The number of hydrogen-bond acceptors (Lipinski definition) is 3. The fourth-order valence-corrected chi connectivity index (χ4v) is 2.36. The first-order valence-electron chi connectivity index (χ1n) is 7.10. The van der Waals surface area contributed by atoms with Crippen LogP contribution in [0.4, 0.5) is 0 Å². The summed E-state index contributed by atoms with van der Waals surface area (Å²) in [6, 6.07) is 0. The second kappa shape index (κ2) is 5.64. The fraction of sp³-hybridized carbons (Fsp3) is 0.643. The highest BCUT2D eigenvalue weighted by molar-refractivity contribution is 5.21. The lowest BCUT2D eigenvalue weighted by Crippen LogP contribution is -2.46. The zero-order chi connectivity index (χ0) is 14.9. The van der Waals surface area contributed by atoms with E-state index in [9.17, 15) is 0 Å². The SMILES string of the molecule is CC(C)c1cnn(C)c1CN[n+]1cn(C)c(C(C)C)n1. The van der Waals surface area contributed by atoms with Crippen LogP contribution in [-0.4, -0.2) is 19.4 Å². The Balaban J connectivity index is 2.13. The second-order valence-corrected chi connectivity index (χ2v) is 5.84. The van der Waals surface area contributed by atoms with Crippen LogP contribution in [0, 0.1) is 0 Å². The molecule has 0 radical (unpaired) electrons. The van der Waals surface area contributed by atoms with Crippen molar-refractivity contribution in [3.63, 3.8) is 0 Å². The van der Waals surface area contributed by atoms with Gasteiger partial charge in [-0.1, -0.05) is 27.7 Å². The number of hydrogen-bond donors (Lipinski definition) is 1. The van der Waals surface area contributed by atoms with Crippen LogP contribution < -0.4 is 10.2 Å². The average Bonchev–Trinajstić information content (AvgIpc) is 2.90. The molecule has 0 spiro atoms. The lowest BCUT2D eigenvalue weighted by Gasteiger charge is -2.07. The Morgan fingerprint density at radius 1 is 1.20 bits per heavy atom. The van der Waals surface area contributed by atoms with Crippen molar-refractivity contribution in [2.75, 3.05) is 5.43 Å². The van der Waals surface area contributed by atoms with Crippen molar-refractivity contribution in [2.24, 2.45) is 14.1 Å². The van der Waals surface area contributed by atoms with Gasteiger partial charge in [-0.3, -0.25) is 4.68 Å². The molecule has 0 aliphatic heterocycles. The van der Waals surface area contributed by atoms with Gasteiger partial charge in [-0.25, -0.2) is 9.99 Å². The third-order valence-electron chi connectivity index (χ3n) is 3.49. The maximum absolute atomic E-state index is 4.55. The van der Waals surface area contributed by atoms with E-state index >= 15 is 0 Å². The summed E-state index contributed by atoms with van der Waals surface area (Å²) in [5, 5.41) is 8.89. The summed E-state index contributed by atoms with van der Waals surface area (Å²) in [6.45, 7) is 9.37. The molecule has 0 atom stereocenters. The highest BCUT2D eigenvalue weighted by atomic mass is 15.6. The minimum atomic E-state index is 0.408. The molecular formula is C14H25N6+. The maximum atomic E-state index is 4.55. The minimum Gasteiger partial charge on any atom is -0.270 e. The predicted octanol–water partition coefficient (Wildman–Crippen LogP) is 1.43. The molecule has 0 aromatic carbocycles. The normalized spacial score (nSPS) is 11.6. The summed E-state index contributed by atoms with van der Waals surface area (Å²) in [4.78, 5) is 1.78. The molecule has 0 saturated heterocycles. The van der Waals surface area contributed by atoms with E-state index in [2.05, 4.69) is 43.3 Å². The summed E-state index contributed by atoms with van der Waals surface area (Å²) >= 11 is 0. The van der Waals surface area contributed by atoms with Gasteiger partial charge < -0.3 is 0 Å². The Hall–Kier alpha value is -1.85. The van der Waals surface area contributed by atoms with Gasteiger partial charge in [0, 0.05) is 13.0 Å². The molecule has 2 aromatic rings. The van der Waals surface area contributed by atoms with Crippen LogP contribution in [0.1, 0.15) is 56.6 Å². The summed E-state index contributed by atoms with van der Waals surface area (Å²) in [5.74, 6) is 1.94. The summed E-state index contributed by atoms with van der Waals surface area (Å²) in [6.07, 6.45) is 3.91. The van der Waals surface area contributed by atoms with E-state index in [1.807, 2.05) is 35.9 Å². The van der Waals surface area contributed by atoms with Crippen LogP contribution >= 0.6 is 0 Å². The van der Waals surface area contributed by atoms with E-state index in [0.29, 0.717) is 18.4 Å². The monoisotopic (exact) mass is 277 g/mol. The van der Waals surface area contributed by atoms with Crippen molar-refractivity contribution in [1.82, 2.24) is 19.4 Å². The van der Waals surface area contributed by atoms with Crippen molar-refractivity contribution < 1.29 is 4.79 Å². The maximum Gasteiger partial charge on any atom is 0.291 e. The van der Waals surface area contributed by atoms with Crippen molar-refractivity contribution in [1.29, 1.82) is 0 Å². The van der Waals surface area contributed by atoms with Gasteiger partial charge in [0.05, 0.1) is 25.5 Å². The van der Waals surface area contributed by atoms with Crippen LogP contribution in [0.2, 0.25) is 0 Å². The number of nitrogens with zero attached hydrogens (tertiary/aromatic N) is 5. The summed E-state index contributed by atoms with van der Waals surface area (Å²) < 4.78 is 3.97. The van der Waals surface area contributed by atoms with Gasteiger partial charge >= 0.3 is 0 Å². The summed E-state index contributed by atoms with van der Waals surface area (Å²) in [7, 11) is 4.00. The lowest BCUT2D eigenvalue weighted by molar-refractivity contribution is -0.710. The number of aryl methyl sites for hydroxylation is 2. The molecule has 2 heterocycles. The van der Waals surface area contributed by atoms with Crippen molar-refractivity contribution >= 4 is 0 Å². The highest BCUT2D eigenvalue weighted by Crippen LogP contribution is 2.18. The Morgan fingerprint density at radius 2 is 1.90 bits per heavy atom. The van der Waals surface area contributed by atoms with E-state index in [-0.39, 0.29) is 0 Å². The first kappa shape index (κ1) is 14.6. The standard InChI is InChI=1S/C14H25N6/c1-10(2)12-7-15-19(6)13(12)8-16-20-9-18(5)14(17-20)11(3)4/h7,9-11,16H,8H2,1-6H3/q+1. The van der Waals surface area contributed by atoms with E-state index in [1.54, 1.807) is 4.79 Å². The van der Waals surface area contributed by atoms with Crippen LogP contribution in [-0.2, 0) is 20.6 Å². The van der Waals surface area contributed by atoms with Crippen LogP contribution in [0.5, 0.6) is 0 Å². The molecule has 0 aliphatic carbocycles. The molecule has 6 heteroatoms. The van der Waals surface area contributed by atoms with Crippen molar-refractivity contribution in [2.45, 2.75) is 46.1 Å². The Labute approximate surface area is 120 Å². The summed E-state index contributed by atoms with van der Waals surface area (Å²) in [5.41, 5.74) is 5.80. The van der Waals surface area contributed by atoms with Gasteiger partial charge in [0.15, 0.2) is 0 Å². The zero-order valence-electron chi connectivity index (χ0n) is 13.3. The molecular weight excluding hydrogens is 252 g/mol. The van der Waals surface area contributed by atoms with E-state index in [4.69, 9.17) is 0 Å². The Bertz CT molecular complexity index is 578. The largest absolute Gasteiger partial charge is 0.291 e. The van der Waals surface area contributed by atoms with Crippen LogP contribution in [0.15, 0.2) is 12.5 Å². The highest BCUT2D eigenvalue weighted by Gasteiger charge is 2.17. The molecule has 0 fully saturated rings. The second-order valence-electron chi connectivity index (χ2n) is 5.84. The first-order valence-corrected chi connectivity index (χ1v) is 7.10. The third-order valence-corrected chi connectivity index (χ3v) is 3.49. The van der Waals surface area contributed by atoms with Crippen molar-refractivity contribution in [3.05, 3.63) is 29.6 Å². The van der Waals surface area contributed by atoms with Crippen LogP contribution in [0.3, 0.4) is 0 Å². The molecule has 0 saturated carbocycles.